The minimum absolute atomic E-state index is 0. The average Bonchev–Trinajstić information content (AvgIpc) is 3.36. The van der Waals surface area contributed by atoms with Gasteiger partial charge in [-0.25, -0.2) is 4.79 Å². The number of nitrogens with zero attached hydrogens (tertiary/aromatic N) is 1. The molecule has 6 heteroatoms. The number of hydrogen-bond donors (Lipinski definition) is 0. The minimum Gasteiger partial charge on any atom is -0.504 e. The molecule has 24 heavy (non-hydrogen) atoms. The van der Waals surface area contributed by atoms with Crippen molar-refractivity contribution < 1.29 is 51.7 Å². The van der Waals surface area contributed by atoms with Gasteiger partial charge in [0.25, 0.3) is 0 Å². The Kier molecular flexibility index (Phi) is 5.47. The Balaban J connectivity index is 0.00000169. The Morgan fingerprint density at radius 2 is 2.21 bits per heavy atom. The summed E-state index contributed by atoms with van der Waals surface area (Å²) in [6.45, 7) is 6.60. The van der Waals surface area contributed by atoms with Gasteiger partial charge >= 0.3 is 6.09 Å². The number of allylic oxidation sites excluding steroid dienone is 1. The third-order valence-electron chi connectivity index (χ3n) is 6.13. The molecule has 4 fully saturated rings. The normalized spacial score (nSPS) is 43.2. The van der Waals surface area contributed by atoms with Crippen LogP contribution in [0.2, 0.25) is 0 Å². The van der Waals surface area contributed by atoms with Crippen LogP contribution in [0.25, 0.3) is 0 Å². The van der Waals surface area contributed by atoms with E-state index in [1.165, 1.54) is 0 Å². The number of likely N-dealkylation sites (tertiary alicyclic amines) is 1. The standard InChI is InChI=1S/C18H26NO4.Y/c1-3-4-6-15-17(2,23-15)14-11-13(7-8-18(14)12-21-18)22-16(20)19-9-5-10-19;/h4,13-15H,5-12H2,1-2H3;/q-1;/t13-,14-,15-,17-,18+;/m1./s1. The van der Waals surface area contributed by atoms with Crippen molar-refractivity contribution in [2.45, 2.75) is 69.4 Å². The van der Waals surface area contributed by atoms with E-state index in [1.807, 2.05) is 13.0 Å². The van der Waals surface area contributed by atoms with E-state index in [-0.39, 0.29) is 62.2 Å². The molecule has 131 valence electrons. The third-order valence-corrected chi connectivity index (χ3v) is 6.13. The molecular weight excluding hydrogens is 383 g/mol. The molecule has 1 spiro atoms. The van der Waals surface area contributed by atoms with Crippen LogP contribution >= 0.6 is 0 Å². The van der Waals surface area contributed by atoms with Crippen LogP contribution < -0.4 is 0 Å². The van der Waals surface area contributed by atoms with Crippen molar-refractivity contribution in [2.75, 3.05) is 19.7 Å². The van der Waals surface area contributed by atoms with Gasteiger partial charge in [0, 0.05) is 51.7 Å². The maximum absolute atomic E-state index is 12.1. The predicted molar refractivity (Wildman–Crippen MR) is 83.9 cm³/mol. The van der Waals surface area contributed by atoms with Gasteiger partial charge in [-0.15, -0.1) is 0 Å². The fourth-order valence-corrected chi connectivity index (χ4v) is 4.28. The summed E-state index contributed by atoms with van der Waals surface area (Å²) >= 11 is 0. The molecule has 4 rings (SSSR count). The molecule has 1 amide bonds. The maximum Gasteiger partial charge on any atom is 0.410 e. The fourth-order valence-electron chi connectivity index (χ4n) is 4.28. The van der Waals surface area contributed by atoms with Gasteiger partial charge in [-0.3, -0.25) is 6.08 Å². The van der Waals surface area contributed by atoms with Crippen molar-refractivity contribution in [1.82, 2.24) is 4.90 Å². The average molecular weight is 409 g/mol. The third kappa shape index (κ3) is 3.34. The van der Waals surface area contributed by atoms with Gasteiger partial charge in [-0.2, -0.15) is 6.92 Å². The second-order valence-corrected chi connectivity index (χ2v) is 7.55. The predicted octanol–water partition coefficient (Wildman–Crippen LogP) is 2.69. The molecular formula is C18H26NO4Y-. The maximum atomic E-state index is 12.1. The molecule has 0 unspecified atom stereocenters. The van der Waals surface area contributed by atoms with Crippen LogP contribution in [-0.2, 0) is 46.9 Å². The van der Waals surface area contributed by atoms with E-state index >= 15 is 0 Å². The van der Waals surface area contributed by atoms with E-state index in [1.54, 1.807) is 4.90 Å². The summed E-state index contributed by atoms with van der Waals surface area (Å²) in [6, 6.07) is 0. The van der Waals surface area contributed by atoms with Crippen LogP contribution in [0.1, 0.15) is 46.0 Å². The van der Waals surface area contributed by atoms with Crippen molar-refractivity contribution >= 4 is 6.09 Å². The Hall–Kier alpha value is 0.0339. The van der Waals surface area contributed by atoms with Crippen molar-refractivity contribution in [1.29, 1.82) is 0 Å². The van der Waals surface area contributed by atoms with Gasteiger partial charge in [0.15, 0.2) is 0 Å². The van der Waals surface area contributed by atoms with Gasteiger partial charge in [0.1, 0.15) is 6.10 Å². The summed E-state index contributed by atoms with van der Waals surface area (Å²) in [5.74, 6) is 0.313. The molecule has 1 saturated carbocycles. The second kappa shape index (κ2) is 6.98. The molecule has 5 nitrogen and oxygen atoms in total. The summed E-state index contributed by atoms with van der Waals surface area (Å²) in [5.41, 5.74) is -0.172. The van der Waals surface area contributed by atoms with E-state index in [9.17, 15) is 4.79 Å². The number of carbonyl (C=O) groups excluding carboxylic acids is 1. The van der Waals surface area contributed by atoms with E-state index in [0.29, 0.717) is 5.92 Å². The SMILES string of the molecule is C[C-]=CC[C@H]1O[C@]1(C)[C@H]1C[C@H](OC(=O)N2CCC2)CC[C@]12CO2.[Y]. The molecule has 0 aromatic rings. The van der Waals surface area contributed by atoms with E-state index in [2.05, 4.69) is 13.0 Å². The Morgan fingerprint density at radius 1 is 1.46 bits per heavy atom. The summed E-state index contributed by atoms with van der Waals surface area (Å²) in [5, 5.41) is 0. The molecule has 3 saturated heterocycles. The van der Waals surface area contributed by atoms with Crippen molar-refractivity contribution in [2.24, 2.45) is 5.92 Å². The molecule has 1 aliphatic carbocycles. The molecule has 4 aliphatic rings. The van der Waals surface area contributed by atoms with Crippen molar-refractivity contribution in [3.05, 3.63) is 12.2 Å². The summed E-state index contributed by atoms with van der Waals surface area (Å²) < 4.78 is 17.6. The second-order valence-electron chi connectivity index (χ2n) is 7.55. The van der Waals surface area contributed by atoms with Gasteiger partial charge in [0.2, 0.25) is 0 Å². The van der Waals surface area contributed by atoms with Gasteiger partial charge in [-0.05, 0) is 39.0 Å². The van der Waals surface area contributed by atoms with E-state index in [0.717, 1.165) is 51.8 Å². The molecule has 1 radical (unpaired) electrons. The first kappa shape index (κ1) is 18.8. The van der Waals surface area contributed by atoms with Crippen LogP contribution in [0.3, 0.4) is 0 Å². The first-order valence-corrected chi connectivity index (χ1v) is 8.84. The quantitative estimate of drug-likeness (QED) is 0.529. The van der Waals surface area contributed by atoms with Gasteiger partial charge in [-0.1, -0.05) is 0 Å². The largest absolute Gasteiger partial charge is 0.504 e. The number of amides is 1. The smallest absolute Gasteiger partial charge is 0.410 e. The topological polar surface area (TPSA) is 54.6 Å². The van der Waals surface area contributed by atoms with Crippen molar-refractivity contribution in [3.8, 4) is 0 Å². The van der Waals surface area contributed by atoms with Crippen LogP contribution in [0.4, 0.5) is 4.79 Å². The molecule has 3 heterocycles. The number of carbonyl (C=O) groups is 1. The summed E-state index contributed by atoms with van der Waals surface area (Å²) in [6.07, 6.45) is 9.92. The number of rotatable bonds is 4. The zero-order chi connectivity index (χ0) is 16.1. The number of ether oxygens (including phenoxy) is 3. The van der Waals surface area contributed by atoms with Gasteiger partial charge < -0.3 is 25.2 Å². The molecule has 0 aromatic carbocycles. The Morgan fingerprint density at radius 3 is 2.79 bits per heavy atom. The molecule has 0 aromatic heterocycles. The monoisotopic (exact) mass is 409 g/mol. The molecule has 3 aliphatic heterocycles. The van der Waals surface area contributed by atoms with Crippen LogP contribution in [0, 0.1) is 12.0 Å². The molecule has 0 bridgehead atoms. The zero-order valence-corrected chi connectivity index (χ0v) is 17.5. The zero-order valence-electron chi connectivity index (χ0n) is 14.6. The van der Waals surface area contributed by atoms with Crippen molar-refractivity contribution in [3.63, 3.8) is 0 Å². The van der Waals surface area contributed by atoms with Crippen LogP contribution in [-0.4, -0.2) is 54.1 Å². The van der Waals surface area contributed by atoms with E-state index < -0.39 is 0 Å². The van der Waals surface area contributed by atoms with Crippen LogP contribution in [0.15, 0.2) is 6.08 Å². The fraction of sp³-hybridized carbons (Fsp3) is 0.833. The summed E-state index contributed by atoms with van der Waals surface area (Å²) in [7, 11) is 0. The number of hydrogen-bond acceptors (Lipinski definition) is 4. The first-order chi connectivity index (χ1) is 11.1. The minimum atomic E-state index is -0.147. The first-order valence-electron chi connectivity index (χ1n) is 8.84. The number of epoxide rings is 2. The molecule has 5 atom stereocenters. The van der Waals surface area contributed by atoms with Crippen LogP contribution in [0.5, 0.6) is 0 Å². The van der Waals surface area contributed by atoms with Gasteiger partial charge in [0.05, 0.1) is 23.9 Å². The van der Waals surface area contributed by atoms with E-state index in [4.69, 9.17) is 14.2 Å². The Labute approximate surface area is 169 Å². The Bertz CT molecular complexity index is 517. The molecule has 0 N–H and O–H groups in total. The summed E-state index contributed by atoms with van der Waals surface area (Å²) in [4.78, 5) is 13.9.